The van der Waals surface area contributed by atoms with Gasteiger partial charge in [0.25, 0.3) is 0 Å². The van der Waals surface area contributed by atoms with Gasteiger partial charge in [-0.05, 0) is 24.6 Å². The first-order valence-electron chi connectivity index (χ1n) is 3.03. The molecule has 0 radical (unpaired) electrons. The van der Waals surface area contributed by atoms with Crippen LogP contribution in [-0.4, -0.2) is 0 Å². The number of hydrogen-bond acceptors (Lipinski definition) is 2. The Hall–Kier alpha value is -1.09. The Balaban J connectivity index is 2.69. The normalized spacial score (nSPS) is 17.4. The van der Waals surface area contributed by atoms with E-state index in [1.54, 1.807) is 6.08 Å². The van der Waals surface area contributed by atoms with Crippen molar-refractivity contribution >= 4 is 0 Å². The second-order valence-corrected chi connectivity index (χ2v) is 1.96. The molecule has 2 nitrogen and oxygen atoms in total. The molecule has 0 spiro atoms. The van der Waals surface area contributed by atoms with Crippen LogP contribution in [0.5, 0.6) is 0 Å². The third-order valence-corrected chi connectivity index (χ3v) is 1.24. The van der Waals surface area contributed by atoms with Gasteiger partial charge >= 0.3 is 0 Å². The van der Waals surface area contributed by atoms with Crippen molar-refractivity contribution in [2.45, 2.75) is 6.42 Å². The Morgan fingerprint density at radius 2 is 2.20 bits per heavy atom. The zero-order valence-corrected chi connectivity index (χ0v) is 5.47. The van der Waals surface area contributed by atoms with Crippen LogP contribution in [0, 0.1) is 0 Å². The van der Waals surface area contributed by atoms with Crippen LogP contribution in [0.25, 0.3) is 0 Å². The summed E-state index contributed by atoms with van der Waals surface area (Å²) in [6, 6.07) is 0. The molecule has 54 valence electrons. The van der Waals surface area contributed by atoms with Crippen LogP contribution in [0.3, 0.4) is 0 Å². The molecule has 0 amide bonds. The van der Waals surface area contributed by atoms with E-state index in [2.05, 4.69) is 5.43 Å². The van der Waals surface area contributed by atoms with Gasteiger partial charge in [-0.15, -0.1) is 0 Å². The van der Waals surface area contributed by atoms with Crippen LogP contribution in [0.1, 0.15) is 6.42 Å². The number of hydrazine groups is 1. The van der Waals surface area contributed by atoms with Crippen LogP contribution in [0.4, 0.5) is 4.39 Å². The van der Waals surface area contributed by atoms with Gasteiger partial charge in [-0.2, -0.15) is 0 Å². The average Bonchev–Trinajstić information content (AvgIpc) is 2.14. The molecular weight excluding hydrogens is 131 g/mol. The van der Waals surface area contributed by atoms with E-state index in [9.17, 15) is 4.39 Å². The fraction of sp³-hybridized carbons (Fsp3) is 0.143. The molecule has 0 saturated carbocycles. The summed E-state index contributed by atoms with van der Waals surface area (Å²) in [4.78, 5) is 0. The second kappa shape index (κ2) is 3.17. The molecule has 0 aromatic heterocycles. The minimum Gasteiger partial charge on any atom is -0.324 e. The fourth-order valence-corrected chi connectivity index (χ4v) is 0.711. The molecule has 3 heteroatoms. The van der Waals surface area contributed by atoms with Crippen LogP contribution >= 0.6 is 0 Å². The highest BCUT2D eigenvalue weighted by atomic mass is 19.1. The Labute approximate surface area is 58.9 Å². The van der Waals surface area contributed by atoms with E-state index in [0.29, 0.717) is 6.42 Å². The van der Waals surface area contributed by atoms with E-state index in [1.807, 2.05) is 6.08 Å². The van der Waals surface area contributed by atoms with Crippen molar-refractivity contribution in [3.63, 3.8) is 0 Å². The molecule has 0 bridgehead atoms. The van der Waals surface area contributed by atoms with Crippen molar-refractivity contribution in [3.8, 4) is 0 Å². The van der Waals surface area contributed by atoms with E-state index in [0.717, 1.165) is 5.70 Å². The number of hydrogen-bond donors (Lipinski definition) is 2. The Morgan fingerprint density at radius 3 is 2.90 bits per heavy atom. The van der Waals surface area contributed by atoms with Gasteiger partial charge in [0, 0.05) is 5.70 Å². The number of allylic oxidation sites excluding steroid dienone is 5. The molecule has 10 heavy (non-hydrogen) atoms. The monoisotopic (exact) mass is 140 g/mol. The number of rotatable bonds is 1. The molecule has 0 heterocycles. The molecule has 0 fully saturated rings. The van der Waals surface area contributed by atoms with Gasteiger partial charge in [0.1, 0.15) is 5.83 Å². The first-order valence-corrected chi connectivity index (χ1v) is 3.03. The second-order valence-electron chi connectivity index (χ2n) is 1.96. The highest BCUT2D eigenvalue weighted by molar-refractivity contribution is 5.27. The largest absolute Gasteiger partial charge is 0.324 e. The highest BCUT2D eigenvalue weighted by Crippen LogP contribution is 2.08. The molecule has 1 aliphatic carbocycles. The highest BCUT2D eigenvalue weighted by Gasteiger charge is 1.93. The van der Waals surface area contributed by atoms with Crippen LogP contribution in [0.2, 0.25) is 0 Å². The Bertz CT molecular complexity index is 204. The molecule has 3 N–H and O–H groups in total. The van der Waals surface area contributed by atoms with Crippen molar-refractivity contribution in [1.29, 1.82) is 0 Å². The molecular formula is C7H9FN2. The van der Waals surface area contributed by atoms with Crippen LogP contribution in [-0.2, 0) is 0 Å². The quantitative estimate of drug-likeness (QED) is 0.423. The van der Waals surface area contributed by atoms with E-state index < -0.39 is 0 Å². The van der Waals surface area contributed by atoms with E-state index in [1.165, 1.54) is 12.2 Å². The summed E-state index contributed by atoms with van der Waals surface area (Å²) in [5.41, 5.74) is 3.18. The van der Waals surface area contributed by atoms with Gasteiger partial charge in [-0.1, -0.05) is 6.08 Å². The van der Waals surface area contributed by atoms with Crippen molar-refractivity contribution in [2.24, 2.45) is 5.84 Å². The Kier molecular flexibility index (Phi) is 2.23. The summed E-state index contributed by atoms with van der Waals surface area (Å²) in [5.74, 6) is 4.88. The molecule has 0 aliphatic heterocycles. The van der Waals surface area contributed by atoms with Crippen molar-refractivity contribution < 1.29 is 4.39 Å². The predicted octanol–water partition coefficient (Wildman–Crippen LogP) is 1.15. The van der Waals surface area contributed by atoms with Gasteiger partial charge in [0.15, 0.2) is 0 Å². The van der Waals surface area contributed by atoms with Gasteiger partial charge in [-0.3, -0.25) is 5.84 Å². The van der Waals surface area contributed by atoms with Crippen molar-refractivity contribution in [1.82, 2.24) is 5.43 Å². The summed E-state index contributed by atoms with van der Waals surface area (Å²) in [5, 5.41) is 0. The zero-order valence-electron chi connectivity index (χ0n) is 5.47. The molecule has 0 atom stereocenters. The Morgan fingerprint density at radius 1 is 1.40 bits per heavy atom. The molecule has 0 unspecified atom stereocenters. The lowest BCUT2D eigenvalue weighted by Gasteiger charge is -1.95. The van der Waals surface area contributed by atoms with Gasteiger partial charge in [0.2, 0.25) is 0 Å². The summed E-state index contributed by atoms with van der Waals surface area (Å²) >= 11 is 0. The topological polar surface area (TPSA) is 38.0 Å². The van der Waals surface area contributed by atoms with Crippen LogP contribution in [0.15, 0.2) is 35.8 Å². The number of nitrogens with one attached hydrogen (secondary N) is 1. The third-order valence-electron chi connectivity index (χ3n) is 1.24. The lowest BCUT2D eigenvalue weighted by molar-refractivity contribution is 0.663. The van der Waals surface area contributed by atoms with Crippen molar-refractivity contribution in [2.75, 3.05) is 0 Å². The third kappa shape index (κ3) is 1.70. The molecule has 0 aromatic carbocycles. The molecule has 1 rings (SSSR count). The maximum absolute atomic E-state index is 12.4. The smallest absolute Gasteiger partial charge is 0.119 e. The minimum absolute atomic E-state index is 0.221. The molecule has 0 saturated heterocycles. The van der Waals surface area contributed by atoms with E-state index in [-0.39, 0.29) is 5.83 Å². The molecule has 0 aromatic rings. The first-order chi connectivity index (χ1) is 4.83. The predicted molar refractivity (Wildman–Crippen MR) is 38.4 cm³/mol. The molecule has 1 aliphatic rings. The average molecular weight is 140 g/mol. The maximum Gasteiger partial charge on any atom is 0.119 e. The summed E-state index contributed by atoms with van der Waals surface area (Å²) in [6.07, 6.45) is 6.85. The fourth-order valence-electron chi connectivity index (χ4n) is 0.711. The number of nitrogens with two attached hydrogens (primary N) is 1. The van der Waals surface area contributed by atoms with Gasteiger partial charge in [0.05, 0.1) is 0 Å². The standard InChI is InChI=1S/C7H9FN2/c8-6-2-1-3-7(10-9)5-4-6/h2-5,10H,1,9H2. The lowest BCUT2D eigenvalue weighted by atomic mass is 10.3. The minimum atomic E-state index is -0.221. The van der Waals surface area contributed by atoms with Gasteiger partial charge < -0.3 is 5.43 Å². The number of halogens is 1. The summed E-state index contributed by atoms with van der Waals surface area (Å²) in [7, 11) is 0. The van der Waals surface area contributed by atoms with Gasteiger partial charge in [-0.25, -0.2) is 4.39 Å². The maximum atomic E-state index is 12.4. The first kappa shape index (κ1) is 7.02. The SMILES string of the molecule is NNC1=CCC=C(F)C=C1. The van der Waals surface area contributed by atoms with Crippen LogP contribution < -0.4 is 11.3 Å². The summed E-state index contributed by atoms with van der Waals surface area (Å²) < 4.78 is 12.4. The van der Waals surface area contributed by atoms with E-state index >= 15 is 0 Å². The zero-order chi connectivity index (χ0) is 7.40. The lowest BCUT2D eigenvalue weighted by Crippen LogP contribution is -2.19. The van der Waals surface area contributed by atoms with E-state index in [4.69, 9.17) is 5.84 Å². The van der Waals surface area contributed by atoms with Crippen molar-refractivity contribution in [3.05, 3.63) is 35.8 Å². The summed E-state index contributed by atoms with van der Waals surface area (Å²) in [6.45, 7) is 0.